The van der Waals surface area contributed by atoms with Gasteiger partial charge in [0.25, 0.3) is 0 Å². The Morgan fingerprint density at radius 3 is 2.65 bits per heavy atom. The van der Waals surface area contributed by atoms with Gasteiger partial charge in [-0.1, -0.05) is 54.1 Å². The molecule has 0 bridgehead atoms. The van der Waals surface area contributed by atoms with E-state index in [4.69, 9.17) is 16.3 Å². The maximum absolute atomic E-state index is 12.0. The van der Waals surface area contributed by atoms with Gasteiger partial charge in [-0.05, 0) is 36.6 Å². The van der Waals surface area contributed by atoms with E-state index in [2.05, 4.69) is 32.7 Å². The van der Waals surface area contributed by atoms with E-state index >= 15 is 0 Å². The maximum Gasteiger partial charge on any atom is 0.231 e. The summed E-state index contributed by atoms with van der Waals surface area (Å²) in [5.74, 6) is 0.972. The molecule has 0 saturated carbocycles. The number of halogens is 1. The third-order valence-electron chi connectivity index (χ3n) is 4.74. The number of rotatable bonds is 9. The van der Waals surface area contributed by atoms with Crippen LogP contribution in [-0.4, -0.2) is 38.9 Å². The Morgan fingerprint density at radius 2 is 1.81 bits per heavy atom. The molecule has 31 heavy (non-hydrogen) atoms. The number of amides is 1. The molecule has 0 atom stereocenters. The van der Waals surface area contributed by atoms with Crippen LogP contribution in [0, 0.1) is 0 Å². The molecule has 158 valence electrons. The Hall–Kier alpha value is -3.45. The second-order valence-electron chi connectivity index (χ2n) is 6.98. The summed E-state index contributed by atoms with van der Waals surface area (Å²) in [6.45, 7) is 0.718. The molecule has 2 aromatic carbocycles. The number of hydrogen-bond acceptors (Lipinski definition) is 5. The van der Waals surface area contributed by atoms with Crippen LogP contribution in [-0.2, 0) is 11.2 Å². The van der Waals surface area contributed by atoms with E-state index in [9.17, 15) is 4.79 Å². The highest BCUT2D eigenvalue weighted by atomic mass is 35.5. The molecular weight excluding hydrogens is 414 g/mol. The normalized spacial score (nSPS) is 10.9. The molecule has 0 spiro atoms. The molecule has 0 fully saturated rings. The van der Waals surface area contributed by atoms with E-state index in [0.717, 1.165) is 18.4 Å². The molecule has 0 aliphatic rings. The first kappa shape index (κ1) is 20.8. The highest BCUT2D eigenvalue weighted by Crippen LogP contribution is 2.26. The van der Waals surface area contributed by atoms with Crippen LogP contribution in [0.5, 0.6) is 5.88 Å². The van der Waals surface area contributed by atoms with E-state index < -0.39 is 0 Å². The van der Waals surface area contributed by atoms with Crippen molar-refractivity contribution in [3.63, 3.8) is 0 Å². The van der Waals surface area contributed by atoms with Crippen LogP contribution in [0.4, 0.5) is 0 Å². The van der Waals surface area contributed by atoms with E-state index in [1.165, 1.54) is 5.56 Å². The van der Waals surface area contributed by atoms with E-state index in [0.29, 0.717) is 41.9 Å². The number of ether oxygens (including phenoxy) is 1. The molecular formula is C23H22ClN5O2. The Morgan fingerprint density at radius 1 is 1.00 bits per heavy atom. The minimum Gasteiger partial charge on any atom is -0.475 e. The topological polar surface area (TPSA) is 81.4 Å². The first-order valence-corrected chi connectivity index (χ1v) is 10.5. The number of fused-ring (bicyclic) bond motifs is 1. The van der Waals surface area contributed by atoms with Gasteiger partial charge in [-0.25, -0.2) is 0 Å². The average molecular weight is 436 g/mol. The average Bonchev–Trinajstić information content (AvgIpc) is 3.21. The van der Waals surface area contributed by atoms with Crippen molar-refractivity contribution in [1.82, 2.24) is 25.1 Å². The fourth-order valence-corrected chi connectivity index (χ4v) is 3.41. The standard InChI is InChI=1S/C23H22ClN5O2/c24-19-11-5-4-10-18(19)23-27-26-20-13-14-22(28-29(20)23)31-16-15-25-21(30)12-6-9-17-7-2-1-3-8-17/h1-5,7-8,10-11,13-14H,6,9,12,15-16H2,(H,25,30). The second-order valence-corrected chi connectivity index (χ2v) is 7.39. The van der Waals surface area contributed by atoms with Crippen molar-refractivity contribution < 1.29 is 9.53 Å². The number of aryl methyl sites for hydroxylation is 1. The monoisotopic (exact) mass is 435 g/mol. The molecule has 1 amide bonds. The summed E-state index contributed by atoms with van der Waals surface area (Å²) in [6.07, 6.45) is 2.19. The predicted molar refractivity (Wildman–Crippen MR) is 119 cm³/mol. The molecule has 0 aliphatic heterocycles. The number of nitrogens with one attached hydrogen (secondary N) is 1. The van der Waals surface area contributed by atoms with Crippen LogP contribution < -0.4 is 10.1 Å². The highest BCUT2D eigenvalue weighted by molar-refractivity contribution is 6.33. The number of benzene rings is 2. The third kappa shape index (κ3) is 5.38. The van der Waals surface area contributed by atoms with Gasteiger partial charge in [0.15, 0.2) is 11.5 Å². The highest BCUT2D eigenvalue weighted by Gasteiger charge is 2.13. The number of nitrogens with zero attached hydrogens (tertiary/aromatic N) is 4. The Balaban J connectivity index is 1.27. The number of carbonyl (C=O) groups is 1. The maximum atomic E-state index is 12.0. The molecule has 0 unspecified atom stereocenters. The molecule has 0 aliphatic carbocycles. The van der Waals surface area contributed by atoms with Gasteiger partial charge in [-0.3, -0.25) is 4.79 Å². The molecule has 2 heterocycles. The fourth-order valence-electron chi connectivity index (χ4n) is 3.19. The van der Waals surface area contributed by atoms with Crippen molar-refractivity contribution in [1.29, 1.82) is 0 Å². The number of hydrogen-bond donors (Lipinski definition) is 1. The molecule has 0 radical (unpaired) electrons. The van der Waals surface area contributed by atoms with Gasteiger partial charge in [0, 0.05) is 18.1 Å². The molecule has 4 rings (SSSR count). The van der Waals surface area contributed by atoms with Crippen molar-refractivity contribution in [2.75, 3.05) is 13.2 Å². The Bertz CT molecular complexity index is 1160. The molecule has 0 saturated heterocycles. The number of aromatic nitrogens is 4. The smallest absolute Gasteiger partial charge is 0.231 e. The lowest BCUT2D eigenvalue weighted by atomic mass is 10.1. The van der Waals surface area contributed by atoms with Crippen LogP contribution in [0.1, 0.15) is 18.4 Å². The van der Waals surface area contributed by atoms with E-state index in [-0.39, 0.29) is 5.91 Å². The summed E-state index contributed by atoms with van der Waals surface area (Å²) >= 11 is 6.28. The molecule has 1 N–H and O–H groups in total. The van der Waals surface area contributed by atoms with Crippen molar-refractivity contribution in [3.8, 4) is 17.3 Å². The van der Waals surface area contributed by atoms with Gasteiger partial charge >= 0.3 is 0 Å². The zero-order valence-corrected chi connectivity index (χ0v) is 17.6. The SMILES string of the molecule is O=C(CCCc1ccccc1)NCCOc1ccc2nnc(-c3ccccc3Cl)n2n1. The van der Waals surface area contributed by atoms with Gasteiger partial charge in [-0.2, -0.15) is 4.52 Å². The minimum atomic E-state index is 0.0164. The minimum absolute atomic E-state index is 0.0164. The van der Waals surface area contributed by atoms with Gasteiger partial charge in [-0.15, -0.1) is 15.3 Å². The summed E-state index contributed by atoms with van der Waals surface area (Å²) < 4.78 is 7.29. The largest absolute Gasteiger partial charge is 0.475 e. The summed E-state index contributed by atoms with van der Waals surface area (Å²) in [5, 5.41) is 16.2. The first-order chi connectivity index (χ1) is 15.2. The van der Waals surface area contributed by atoms with Crippen molar-refractivity contribution in [2.45, 2.75) is 19.3 Å². The van der Waals surface area contributed by atoms with Crippen LogP contribution in [0.3, 0.4) is 0 Å². The Labute approximate surface area is 185 Å². The quantitative estimate of drug-likeness (QED) is 0.402. The predicted octanol–water partition coefficient (Wildman–Crippen LogP) is 3.96. The second kappa shape index (κ2) is 10.0. The first-order valence-electron chi connectivity index (χ1n) is 10.1. The van der Waals surface area contributed by atoms with E-state index in [1.807, 2.05) is 36.4 Å². The zero-order valence-electron chi connectivity index (χ0n) is 16.9. The molecule has 7 nitrogen and oxygen atoms in total. The van der Waals surface area contributed by atoms with Crippen molar-refractivity contribution >= 4 is 23.2 Å². The lowest BCUT2D eigenvalue weighted by molar-refractivity contribution is -0.121. The van der Waals surface area contributed by atoms with Crippen molar-refractivity contribution in [3.05, 3.63) is 77.3 Å². The lowest BCUT2D eigenvalue weighted by Crippen LogP contribution is -2.28. The number of carbonyl (C=O) groups excluding carboxylic acids is 1. The van der Waals surface area contributed by atoms with Crippen LogP contribution in [0.2, 0.25) is 5.02 Å². The van der Waals surface area contributed by atoms with Gasteiger partial charge in [0.2, 0.25) is 11.8 Å². The summed E-state index contributed by atoms with van der Waals surface area (Å²) in [7, 11) is 0. The van der Waals surface area contributed by atoms with Gasteiger partial charge in [0.1, 0.15) is 6.61 Å². The van der Waals surface area contributed by atoms with Gasteiger partial charge in [0.05, 0.1) is 11.6 Å². The van der Waals surface area contributed by atoms with Crippen LogP contribution >= 0.6 is 11.6 Å². The zero-order chi connectivity index (χ0) is 21.5. The molecule has 4 aromatic rings. The van der Waals surface area contributed by atoms with Crippen molar-refractivity contribution in [2.24, 2.45) is 0 Å². The molecule has 8 heteroatoms. The van der Waals surface area contributed by atoms with Crippen LogP contribution in [0.15, 0.2) is 66.7 Å². The Kier molecular flexibility index (Phi) is 6.74. The molecule has 2 aromatic heterocycles. The lowest BCUT2D eigenvalue weighted by Gasteiger charge is -2.08. The van der Waals surface area contributed by atoms with Crippen LogP contribution in [0.25, 0.3) is 17.0 Å². The fraction of sp³-hybridized carbons (Fsp3) is 0.217. The van der Waals surface area contributed by atoms with Gasteiger partial charge < -0.3 is 10.1 Å². The third-order valence-corrected chi connectivity index (χ3v) is 5.07. The van der Waals surface area contributed by atoms with E-state index in [1.54, 1.807) is 22.7 Å². The summed E-state index contributed by atoms with van der Waals surface area (Å²) in [4.78, 5) is 12.0. The summed E-state index contributed by atoms with van der Waals surface area (Å²) in [5.41, 5.74) is 2.57. The summed E-state index contributed by atoms with van der Waals surface area (Å²) in [6, 6.07) is 21.0.